The molecule has 0 atom stereocenters. The number of nitrogens with zero attached hydrogens (tertiary/aromatic N) is 2. The minimum Gasteiger partial charge on any atom is -0.338 e. The van der Waals surface area contributed by atoms with Crippen LogP contribution < -0.4 is 10.6 Å². The van der Waals surface area contributed by atoms with E-state index in [1.165, 1.54) is 12.8 Å². The van der Waals surface area contributed by atoms with Gasteiger partial charge in [-0.3, -0.25) is 0 Å². The summed E-state index contributed by atoms with van der Waals surface area (Å²) in [4.78, 5) is 14.3. The summed E-state index contributed by atoms with van der Waals surface area (Å²) in [6, 6.07) is 8.68. The van der Waals surface area contributed by atoms with Crippen LogP contribution >= 0.6 is 0 Å². The van der Waals surface area contributed by atoms with Gasteiger partial charge >= 0.3 is 6.03 Å². The summed E-state index contributed by atoms with van der Waals surface area (Å²) < 4.78 is 0. The minimum atomic E-state index is -0.200. The second-order valence-corrected chi connectivity index (χ2v) is 5.62. The van der Waals surface area contributed by atoms with Crippen molar-refractivity contribution in [3.63, 3.8) is 0 Å². The molecule has 0 aliphatic heterocycles. The Morgan fingerprint density at radius 3 is 2.30 bits per heavy atom. The highest BCUT2D eigenvalue weighted by molar-refractivity contribution is 5.89. The fourth-order valence-electron chi connectivity index (χ4n) is 2.43. The van der Waals surface area contributed by atoms with Crippen LogP contribution in [0.1, 0.15) is 45.1 Å². The fourth-order valence-corrected chi connectivity index (χ4v) is 2.43. The van der Waals surface area contributed by atoms with Crippen molar-refractivity contribution in [2.75, 3.05) is 31.5 Å². The van der Waals surface area contributed by atoms with Gasteiger partial charge in [0.25, 0.3) is 0 Å². The lowest BCUT2D eigenvalue weighted by Gasteiger charge is -2.20. The highest BCUT2D eigenvalue weighted by Gasteiger charge is 2.03. The number of nitrogens with one attached hydrogen (secondary N) is 2. The van der Waals surface area contributed by atoms with Crippen molar-refractivity contribution in [1.29, 1.82) is 5.26 Å². The first-order chi connectivity index (χ1) is 11.2. The molecule has 126 valence electrons. The first-order valence-electron chi connectivity index (χ1n) is 8.47. The molecule has 1 aromatic rings. The van der Waals surface area contributed by atoms with E-state index in [1.807, 2.05) is 0 Å². The smallest absolute Gasteiger partial charge is 0.319 e. The molecular formula is C18H28N4O. The first-order valence-corrected chi connectivity index (χ1v) is 8.47. The standard InChI is InChI=1S/C18H28N4O/c1-3-12-22(13-4-2)14-6-5-11-20-18(23)21-17-9-7-16(15-19)8-10-17/h7-10H,3-6,11-14H2,1-2H3,(H2,20,21,23). The molecule has 1 aromatic carbocycles. The zero-order valence-corrected chi connectivity index (χ0v) is 14.3. The summed E-state index contributed by atoms with van der Waals surface area (Å²) in [5.74, 6) is 0. The molecule has 0 unspecified atom stereocenters. The molecule has 0 aliphatic carbocycles. The average molecular weight is 316 g/mol. The molecule has 23 heavy (non-hydrogen) atoms. The van der Waals surface area contributed by atoms with Crippen LogP contribution in [0, 0.1) is 11.3 Å². The van der Waals surface area contributed by atoms with Crippen molar-refractivity contribution in [2.24, 2.45) is 0 Å². The van der Waals surface area contributed by atoms with Crippen molar-refractivity contribution in [3.05, 3.63) is 29.8 Å². The van der Waals surface area contributed by atoms with Crippen LogP contribution in [0.2, 0.25) is 0 Å². The fraction of sp³-hybridized carbons (Fsp3) is 0.556. The molecule has 0 aliphatic rings. The van der Waals surface area contributed by atoms with Crippen molar-refractivity contribution < 1.29 is 4.79 Å². The number of urea groups is 1. The minimum absolute atomic E-state index is 0.200. The van der Waals surface area contributed by atoms with E-state index < -0.39 is 0 Å². The van der Waals surface area contributed by atoms with E-state index in [0.29, 0.717) is 17.8 Å². The Labute approximate surface area is 139 Å². The largest absolute Gasteiger partial charge is 0.338 e. The molecule has 0 spiro atoms. The molecule has 5 nitrogen and oxygen atoms in total. The van der Waals surface area contributed by atoms with Crippen molar-refractivity contribution in [2.45, 2.75) is 39.5 Å². The number of nitriles is 1. The van der Waals surface area contributed by atoms with Crippen LogP contribution in [0.15, 0.2) is 24.3 Å². The number of anilines is 1. The quantitative estimate of drug-likeness (QED) is 0.648. The zero-order chi connectivity index (χ0) is 16.9. The summed E-state index contributed by atoms with van der Waals surface area (Å²) in [5.41, 5.74) is 1.28. The molecule has 1 rings (SSSR count). The molecule has 0 aromatic heterocycles. The summed E-state index contributed by atoms with van der Waals surface area (Å²) in [6.07, 6.45) is 4.44. The number of amides is 2. The van der Waals surface area contributed by atoms with Gasteiger partial charge in [-0.15, -0.1) is 0 Å². The van der Waals surface area contributed by atoms with Gasteiger partial charge in [-0.05, 0) is 69.6 Å². The number of unbranched alkanes of at least 4 members (excludes halogenated alkanes) is 1. The Morgan fingerprint density at radius 2 is 1.74 bits per heavy atom. The monoisotopic (exact) mass is 316 g/mol. The van der Waals surface area contributed by atoms with Crippen LogP contribution in [0.3, 0.4) is 0 Å². The zero-order valence-electron chi connectivity index (χ0n) is 14.3. The van der Waals surface area contributed by atoms with Crippen LogP contribution in [-0.2, 0) is 0 Å². The van der Waals surface area contributed by atoms with Gasteiger partial charge in [-0.1, -0.05) is 13.8 Å². The molecule has 0 bridgehead atoms. The van der Waals surface area contributed by atoms with Gasteiger partial charge in [-0.2, -0.15) is 5.26 Å². The molecule has 2 N–H and O–H groups in total. The van der Waals surface area contributed by atoms with Gasteiger partial charge in [0.2, 0.25) is 0 Å². The van der Waals surface area contributed by atoms with Crippen LogP contribution in [-0.4, -0.2) is 37.1 Å². The summed E-state index contributed by atoms with van der Waals surface area (Å²) in [5, 5.41) is 14.4. The van der Waals surface area contributed by atoms with Crippen molar-refractivity contribution >= 4 is 11.7 Å². The Kier molecular flexibility index (Phi) is 9.49. The summed E-state index contributed by atoms with van der Waals surface area (Å²) in [6.45, 7) is 8.49. The average Bonchev–Trinajstić information content (AvgIpc) is 2.55. The predicted octanol–water partition coefficient (Wildman–Crippen LogP) is 3.58. The van der Waals surface area contributed by atoms with E-state index in [0.717, 1.165) is 32.5 Å². The molecule has 0 fully saturated rings. The van der Waals surface area contributed by atoms with Crippen molar-refractivity contribution in [3.8, 4) is 6.07 Å². The van der Waals surface area contributed by atoms with Crippen LogP contribution in [0.5, 0.6) is 0 Å². The van der Waals surface area contributed by atoms with Gasteiger partial charge in [-0.25, -0.2) is 4.79 Å². The number of carbonyl (C=O) groups excluding carboxylic acids is 1. The highest BCUT2D eigenvalue weighted by Crippen LogP contribution is 2.08. The van der Waals surface area contributed by atoms with E-state index >= 15 is 0 Å². The second-order valence-electron chi connectivity index (χ2n) is 5.62. The molecular weight excluding hydrogens is 288 g/mol. The number of hydrogen-bond acceptors (Lipinski definition) is 3. The van der Waals surface area contributed by atoms with Gasteiger partial charge in [0.05, 0.1) is 11.6 Å². The molecule has 0 saturated carbocycles. The second kappa shape index (κ2) is 11.5. The Morgan fingerprint density at radius 1 is 1.09 bits per heavy atom. The lowest BCUT2D eigenvalue weighted by molar-refractivity contribution is 0.250. The molecule has 0 saturated heterocycles. The van der Waals surface area contributed by atoms with Crippen molar-refractivity contribution in [1.82, 2.24) is 10.2 Å². The maximum absolute atomic E-state index is 11.8. The number of carbonyl (C=O) groups is 1. The van der Waals surface area contributed by atoms with Gasteiger partial charge in [0.1, 0.15) is 0 Å². The Bertz CT molecular complexity index is 487. The third kappa shape index (κ3) is 8.22. The van der Waals surface area contributed by atoms with Crippen LogP contribution in [0.25, 0.3) is 0 Å². The van der Waals surface area contributed by atoms with E-state index in [9.17, 15) is 4.79 Å². The maximum atomic E-state index is 11.8. The molecule has 5 heteroatoms. The lowest BCUT2D eigenvalue weighted by Crippen LogP contribution is -2.31. The van der Waals surface area contributed by atoms with E-state index in [4.69, 9.17) is 5.26 Å². The maximum Gasteiger partial charge on any atom is 0.319 e. The topological polar surface area (TPSA) is 68.2 Å². The Balaban J connectivity index is 2.17. The third-order valence-corrected chi connectivity index (χ3v) is 3.54. The Hall–Kier alpha value is -2.06. The number of benzene rings is 1. The molecule has 2 amide bonds. The summed E-state index contributed by atoms with van der Waals surface area (Å²) in [7, 11) is 0. The number of hydrogen-bond donors (Lipinski definition) is 2. The lowest BCUT2D eigenvalue weighted by atomic mass is 10.2. The summed E-state index contributed by atoms with van der Waals surface area (Å²) >= 11 is 0. The van der Waals surface area contributed by atoms with E-state index in [-0.39, 0.29) is 6.03 Å². The van der Waals surface area contributed by atoms with Gasteiger partial charge in [0.15, 0.2) is 0 Å². The van der Waals surface area contributed by atoms with E-state index in [2.05, 4.69) is 35.5 Å². The van der Waals surface area contributed by atoms with Crippen LogP contribution in [0.4, 0.5) is 10.5 Å². The first kappa shape index (κ1) is 19.0. The normalized spacial score (nSPS) is 10.3. The van der Waals surface area contributed by atoms with Gasteiger partial charge in [0, 0.05) is 12.2 Å². The highest BCUT2D eigenvalue weighted by atomic mass is 16.2. The SMILES string of the molecule is CCCN(CCC)CCCCNC(=O)Nc1ccc(C#N)cc1. The van der Waals surface area contributed by atoms with Gasteiger partial charge < -0.3 is 15.5 Å². The number of rotatable bonds is 10. The van der Waals surface area contributed by atoms with E-state index in [1.54, 1.807) is 24.3 Å². The molecule has 0 radical (unpaired) electrons. The molecule has 0 heterocycles. The predicted molar refractivity (Wildman–Crippen MR) is 94.4 cm³/mol. The third-order valence-electron chi connectivity index (χ3n) is 3.54.